The number of alkyl carbamates (subject to hydrolysis) is 1. The highest BCUT2D eigenvalue weighted by Crippen LogP contribution is 2.44. The van der Waals surface area contributed by atoms with Crippen LogP contribution in [-0.4, -0.2) is 42.3 Å². The number of carbonyl (C=O) groups is 3. The topological polar surface area (TPSA) is 105 Å². The van der Waals surface area contributed by atoms with Gasteiger partial charge in [0.25, 0.3) is 0 Å². The zero-order chi connectivity index (χ0) is 23.8. The Morgan fingerprint density at radius 3 is 2.18 bits per heavy atom. The number of nitrogens with one attached hydrogen (secondary N) is 2. The lowest BCUT2D eigenvalue weighted by atomic mass is 9.98. The van der Waals surface area contributed by atoms with Gasteiger partial charge < -0.3 is 20.5 Å². The number of carboxylic acid groups (broad SMARTS) is 1. The van der Waals surface area contributed by atoms with E-state index in [0.717, 1.165) is 28.7 Å². The largest absolute Gasteiger partial charge is 0.481 e. The Hall–Kier alpha value is -3.35. The monoisotopic (exact) mass is 452 g/mol. The lowest BCUT2D eigenvalue weighted by molar-refractivity contribution is -0.138. The average Bonchev–Trinajstić information content (AvgIpc) is 3.10. The summed E-state index contributed by atoms with van der Waals surface area (Å²) < 4.78 is 5.56. The summed E-state index contributed by atoms with van der Waals surface area (Å²) in [4.78, 5) is 35.9. The molecule has 1 aliphatic rings. The molecule has 0 bridgehead atoms. The third-order valence-corrected chi connectivity index (χ3v) is 5.99. The van der Waals surface area contributed by atoms with Gasteiger partial charge in [-0.1, -0.05) is 68.8 Å². The number of aliphatic carboxylic acids is 1. The first-order chi connectivity index (χ1) is 15.9. The highest BCUT2D eigenvalue weighted by molar-refractivity contribution is 5.85. The number of fused-ring (bicyclic) bond motifs is 3. The minimum atomic E-state index is -0.852. The molecule has 2 aromatic rings. The smallest absolute Gasteiger partial charge is 0.407 e. The zero-order valence-electron chi connectivity index (χ0n) is 19.2. The minimum Gasteiger partial charge on any atom is -0.481 e. The van der Waals surface area contributed by atoms with Crippen molar-refractivity contribution in [2.75, 3.05) is 13.2 Å². The van der Waals surface area contributed by atoms with Gasteiger partial charge in [-0.3, -0.25) is 9.59 Å². The van der Waals surface area contributed by atoms with Crippen molar-refractivity contribution in [2.45, 2.75) is 51.5 Å². The number of ether oxygens (including phenoxy) is 1. The second-order valence-corrected chi connectivity index (χ2v) is 8.59. The number of hydrogen-bond acceptors (Lipinski definition) is 4. The van der Waals surface area contributed by atoms with Crippen molar-refractivity contribution in [2.24, 2.45) is 5.92 Å². The van der Waals surface area contributed by atoms with Crippen molar-refractivity contribution in [1.82, 2.24) is 10.6 Å². The normalized spacial score (nSPS) is 14.0. The van der Waals surface area contributed by atoms with E-state index in [4.69, 9.17) is 9.84 Å². The van der Waals surface area contributed by atoms with E-state index in [9.17, 15) is 14.4 Å². The number of carbonyl (C=O) groups excluding carboxylic acids is 2. The second-order valence-electron chi connectivity index (χ2n) is 8.59. The molecule has 2 atom stereocenters. The summed E-state index contributed by atoms with van der Waals surface area (Å²) in [6, 6.07) is 15.5. The Morgan fingerprint density at radius 2 is 1.61 bits per heavy atom. The Balaban J connectivity index is 1.54. The van der Waals surface area contributed by atoms with Crippen LogP contribution < -0.4 is 10.6 Å². The second kappa shape index (κ2) is 11.5. The van der Waals surface area contributed by atoms with E-state index in [1.54, 1.807) is 0 Å². The highest BCUT2D eigenvalue weighted by Gasteiger charge is 2.29. The zero-order valence-corrected chi connectivity index (χ0v) is 19.2. The lowest BCUT2D eigenvalue weighted by Crippen LogP contribution is -2.47. The number of amides is 2. The molecule has 0 saturated carbocycles. The summed E-state index contributed by atoms with van der Waals surface area (Å²) in [5.41, 5.74) is 4.57. The van der Waals surface area contributed by atoms with Crippen LogP contribution in [0.25, 0.3) is 11.1 Å². The molecule has 7 heteroatoms. The molecule has 33 heavy (non-hydrogen) atoms. The molecule has 0 heterocycles. The standard InChI is InChI=1S/C26H32N2O5/c1-3-8-23(25(31)27-14-13-17(2)15-24(29)30)28-26(32)33-16-22-20-11-6-4-9-18(20)19-10-5-7-12-21(19)22/h4-7,9-12,17,22-23H,3,8,13-16H2,1-2H3,(H,27,31)(H,28,32)(H,29,30)/t17?,23-/m1/s1. The van der Waals surface area contributed by atoms with E-state index in [-0.39, 0.29) is 30.8 Å². The first-order valence-corrected chi connectivity index (χ1v) is 11.5. The maximum Gasteiger partial charge on any atom is 0.407 e. The van der Waals surface area contributed by atoms with Crippen molar-refractivity contribution >= 4 is 18.0 Å². The summed E-state index contributed by atoms with van der Waals surface area (Å²) in [5, 5.41) is 14.3. The van der Waals surface area contributed by atoms with Crippen LogP contribution in [0.3, 0.4) is 0 Å². The van der Waals surface area contributed by atoms with Gasteiger partial charge in [0, 0.05) is 18.9 Å². The molecule has 2 aromatic carbocycles. The Morgan fingerprint density at radius 1 is 1.00 bits per heavy atom. The van der Waals surface area contributed by atoms with Crippen molar-refractivity contribution in [3.63, 3.8) is 0 Å². The van der Waals surface area contributed by atoms with Gasteiger partial charge in [0.15, 0.2) is 0 Å². The Labute approximate surface area is 194 Å². The fourth-order valence-electron chi connectivity index (χ4n) is 4.30. The number of benzene rings is 2. The highest BCUT2D eigenvalue weighted by atomic mass is 16.5. The third kappa shape index (κ3) is 6.34. The van der Waals surface area contributed by atoms with Gasteiger partial charge in [0.1, 0.15) is 12.6 Å². The Kier molecular flexibility index (Phi) is 8.46. The molecule has 3 N–H and O–H groups in total. The summed E-state index contributed by atoms with van der Waals surface area (Å²) in [5.74, 6) is -1.22. The number of carboxylic acids is 1. The first-order valence-electron chi connectivity index (χ1n) is 11.5. The van der Waals surface area contributed by atoms with Crippen molar-refractivity contribution in [3.8, 4) is 11.1 Å². The van der Waals surface area contributed by atoms with E-state index in [1.165, 1.54) is 0 Å². The molecule has 7 nitrogen and oxygen atoms in total. The fourth-order valence-corrected chi connectivity index (χ4v) is 4.30. The van der Waals surface area contributed by atoms with Crippen LogP contribution in [0.5, 0.6) is 0 Å². The molecule has 0 saturated heterocycles. The molecular weight excluding hydrogens is 420 g/mol. The van der Waals surface area contributed by atoms with Gasteiger partial charge in [0.2, 0.25) is 5.91 Å². The van der Waals surface area contributed by atoms with Crippen molar-refractivity contribution in [1.29, 1.82) is 0 Å². The SMILES string of the molecule is CCC[C@@H](NC(=O)OCC1c2ccccc2-c2ccccc21)C(=O)NCCC(C)CC(=O)O. The van der Waals surface area contributed by atoms with E-state index >= 15 is 0 Å². The lowest BCUT2D eigenvalue weighted by Gasteiger charge is -2.20. The molecule has 0 radical (unpaired) electrons. The van der Waals surface area contributed by atoms with Gasteiger partial charge in [-0.05, 0) is 41.0 Å². The molecule has 0 aromatic heterocycles. The Bertz CT molecular complexity index is 945. The summed E-state index contributed by atoms with van der Waals surface area (Å²) >= 11 is 0. The van der Waals surface area contributed by atoms with Crippen molar-refractivity contribution in [3.05, 3.63) is 59.7 Å². The summed E-state index contributed by atoms with van der Waals surface area (Å²) in [6.07, 6.45) is 1.20. The van der Waals surface area contributed by atoms with Gasteiger partial charge >= 0.3 is 12.1 Å². The summed E-state index contributed by atoms with van der Waals surface area (Å²) in [6.45, 7) is 4.32. The van der Waals surface area contributed by atoms with E-state index in [2.05, 4.69) is 34.9 Å². The van der Waals surface area contributed by atoms with Crippen LogP contribution in [0.15, 0.2) is 48.5 Å². The molecule has 3 rings (SSSR count). The van der Waals surface area contributed by atoms with Crippen LogP contribution in [0.2, 0.25) is 0 Å². The van der Waals surface area contributed by atoms with E-state index in [1.807, 2.05) is 38.1 Å². The van der Waals surface area contributed by atoms with Crippen LogP contribution in [0.4, 0.5) is 4.79 Å². The van der Waals surface area contributed by atoms with E-state index in [0.29, 0.717) is 19.4 Å². The maximum absolute atomic E-state index is 12.6. The number of hydrogen-bond donors (Lipinski definition) is 3. The quantitative estimate of drug-likeness (QED) is 0.471. The van der Waals surface area contributed by atoms with Gasteiger partial charge in [0.05, 0.1) is 0 Å². The molecular formula is C26H32N2O5. The first kappa shape index (κ1) is 24.3. The predicted octanol–water partition coefficient (Wildman–Crippen LogP) is 4.31. The van der Waals surface area contributed by atoms with Crippen LogP contribution in [0.1, 0.15) is 56.6 Å². The fraction of sp³-hybridized carbons (Fsp3) is 0.423. The van der Waals surface area contributed by atoms with Crippen molar-refractivity contribution < 1.29 is 24.2 Å². The van der Waals surface area contributed by atoms with Gasteiger partial charge in [-0.15, -0.1) is 0 Å². The maximum atomic E-state index is 12.6. The van der Waals surface area contributed by atoms with Gasteiger partial charge in [-0.25, -0.2) is 4.79 Å². The van der Waals surface area contributed by atoms with Crippen LogP contribution in [0, 0.1) is 5.92 Å². The predicted molar refractivity (Wildman–Crippen MR) is 126 cm³/mol. The third-order valence-electron chi connectivity index (χ3n) is 5.99. The molecule has 0 fully saturated rings. The molecule has 1 unspecified atom stereocenters. The average molecular weight is 453 g/mol. The van der Waals surface area contributed by atoms with Crippen LogP contribution in [-0.2, 0) is 14.3 Å². The minimum absolute atomic E-state index is 0.0393. The molecule has 176 valence electrons. The molecule has 2 amide bonds. The molecule has 0 aliphatic heterocycles. The van der Waals surface area contributed by atoms with Gasteiger partial charge in [-0.2, -0.15) is 0 Å². The summed E-state index contributed by atoms with van der Waals surface area (Å²) in [7, 11) is 0. The molecule has 0 spiro atoms. The number of rotatable bonds is 11. The molecule has 1 aliphatic carbocycles. The van der Waals surface area contributed by atoms with Crippen LogP contribution >= 0.6 is 0 Å². The van der Waals surface area contributed by atoms with E-state index < -0.39 is 18.1 Å².